The summed E-state index contributed by atoms with van der Waals surface area (Å²) in [5, 5.41) is 4.65. The van der Waals surface area contributed by atoms with Gasteiger partial charge in [-0.05, 0) is 42.9 Å². The Hall–Kier alpha value is -2.07. The molecule has 1 aromatic carbocycles. The molecule has 0 aliphatic rings. The number of benzene rings is 1. The molecule has 3 nitrogen and oxygen atoms in total. The number of carbonyl (C=O) groups is 1. The minimum Gasteiger partial charge on any atom is -0.317 e. The van der Waals surface area contributed by atoms with Gasteiger partial charge in [-0.1, -0.05) is 55.6 Å². The molecular formula is C18H22N2OS. The van der Waals surface area contributed by atoms with Gasteiger partial charge in [0.15, 0.2) is 0 Å². The maximum absolute atomic E-state index is 10.5. The van der Waals surface area contributed by atoms with Crippen molar-refractivity contribution in [1.82, 2.24) is 5.32 Å². The van der Waals surface area contributed by atoms with E-state index in [1.165, 1.54) is 0 Å². The van der Waals surface area contributed by atoms with Gasteiger partial charge in [0.05, 0.1) is 5.69 Å². The van der Waals surface area contributed by atoms with Crippen molar-refractivity contribution in [3.8, 4) is 0 Å². The lowest BCUT2D eigenvalue weighted by atomic mass is 10.1. The SMILES string of the molecule is C=Cc1ccc(/C(=C/C)S/C=C/CC)cc1N=C(C)NC=O. The standard InChI is InChI=1S/C18H22N2OS/c1-5-8-11-22-18(7-3)16-10-9-15(6-2)17(12-16)20-14(4)19-13-21/h6-13H,2,5H2,1,3-4H3,(H,19,20,21)/b11-8+,18-7-. The van der Waals surface area contributed by atoms with Crippen molar-refractivity contribution in [3.05, 3.63) is 53.5 Å². The van der Waals surface area contributed by atoms with Crippen LogP contribution in [0.5, 0.6) is 0 Å². The Morgan fingerprint density at radius 3 is 2.82 bits per heavy atom. The minimum absolute atomic E-state index is 0.552. The quantitative estimate of drug-likeness (QED) is 0.430. The predicted molar refractivity (Wildman–Crippen MR) is 99.2 cm³/mol. The molecule has 0 aliphatic carbocycles. The van der Waals surface area contributed by atoms with E-state index in [9.17, 15) is 4.79 Å². The molecule has 116 valence electrons. The Balaban J connectivity index is 3.18. The van der Waals surface area contributed by atoms with Crippen LogP contribution >= 0.6 is 11.8 Å². The zero-order valence-corrected chi connectivity index (χ0v) is 14.1. The smallest absolute Gasteiger partial charge is 0.212 e. The van der Waals surface area contributed by atoms with Crippen LogP contribution in [0.4, 0.5) is 5.69 Å². The molecule has 0 radical (unpaired) electrons. The van der Waals surface area contributed by atoms with Crippen LogP contribution in [0.2, 0.25) is 0 Å². The van der Waals surface area contributed by atoms with Crippen LogP contribution in [0.1, 0.15) is 38.3 Å². The topological polar surface area (TPSA) is 41.5 Å². The lowest BCUT2D eigenvalue weighted by molar-refractivity contribution is -0.108. The van der Waals surface area contributed by atoms with Crippen LogP contribution in [0.25, 0.3) is 11.0 Å². The Morgan fingerprint density at radius 1 is 1.45 bits per heavy atom. The number of hydrogen-bond donors (Lipinski definition) is 1. The van der Waals surface area contributed by atoms with Gasteiger partial charge in [0.2, 0.25) is 6.41 Å². The molecule has 0 aromatic heterocycles. The molecule has 1 N–H and O–H groups in total. The molecule has 0 saturated heterocycles. The van der Waals surface area contributed by atoms with Crippen LogP contribution in [-0.2, 0) is 4.79 Å². The monoisotopic (exact) mass is 314 g/mol. The van der Waals surface area contributed by atoms with Crippen LogP contribution in [0.3, 0.4) is 0 Å². The first-order chi connectivity index (χ1) is 10.7. The molecule has 0 spiro atoms. The highest BCUT2D eigenvalue weighted by Crippen LogP contribution is 2.32. The third-order valence-electron chi connectivity index (χ3n) is 2.88. The normalized spacial score (nSPS) is 12.5. The number of carbonyl (C=O) groups excluding carboxylic acids is 1. The molecular weight excluding hydrogens is 292 g/mol. The number of nitrogens with zero attached hydrogens (tertiary/aromatic N) is 1. The molecule has 4 heteroatoms. The largest absolute Gasteiger partial charge is 0.317 e. The lowest BCUT2D eigenvalue weighted by Crippen LogP contribution is -2.17. The van der Waals surface area contributed by atoms with Crippen molar-refractivity contribution >= 4 is 40.7 Å². The zero-order chi connectivity index (χ0) is 16.4. The van der Waals surface area contributed by atoms with E-state index >= 15 is 0 Å². The van der Waals surface area contributed by atoms with Crippen LogP contribution in [-0.4, -0.2) is 12.2 Å². The van der Waals surface area contributed by atoms with E-state index in [2.05, 4.69) is 47.4 Å². The second-order valence-electron chi connectivity index (χ2n) is 4.49. The molecule has 0 bridgehead atoms. The summed E-state index contributed by atoms with van der Waals surface area (Å²) in [5.41, 5.74) is 2.82. The highest BCUT2D eigenvalue weighted by Gasteiger charge is 2.05. The molecule has 1 rings (SSSR count). The third kappa shape index (κ3) is 5.37. The molecule has 1 amide bonds. The van der Waals surface area contributed by atoms with E-state index in [1.807, 2.05) is 19.1 Å². The highest BCUT2D eigenvalue weighted by atomic mass is 32.2. The van der Waals surface area contributed by atoms with Gasteiger partial charge >= 0.3 is 0 Å². The van der Waals surface area contributed by atoms with Gasteiger partial charge in [0.25, 0.3) is 0 Å². The Labute approximate surface area is 136 Å². The van der Waals surface area contributed by atoms with Gasteiger partial charge in [0.1, 0.15) is 5.84 Å². The Bertz CT molecular complexity index is 616. The van der Waals surface area contributed by atoms with Crippen molar-refractivity contribution in [1.29, 1.82) is 0 Å². The first-order valence-electron chi connectivity index (χ1n) is 7.16. The van der Waals surface area contributed by atoms with E-state index in [-0.39, 0.29) is 0 Å². The first kappa shape index (κ1) is 18.0. The van der Waals surface area contributed by atoms with Gasteiger partial charge < -0.3 is 5.32 Å². The van der Waals surface area contributed by atoms with Crippen molar-refractivity contribution in [2.24, 2.45) is 4.99 Å². The molecule has 0 heterocycles. The second-order valence-corrected chi connectivity index (χ2v) is 5.44. The van der Waals surface area contributed by atoms with Crippen molar-refractivity contribution in [3.63, 3.8) is 0 Å². The molecule has 0 aliphatic heterocycles. The fourth-order valence-electron chi connectivity index (χ4n) is 1.78. The zero-order valence-electron chi connectivity index (χ0n) is 13.3. The summed E-state index contributed by atoms with van der Waals surface area (Å²) in [6, 6.07) is 6.05. The van der Waals surface area contributed by atoms with Gasteiger partial charge in [-0.15, -0.1) is 0 Å². The summed E-state index contributed by atoms with van der Waals surface area (Å²) in [4.78, 5) is 16.1. The van der Waals surface area contributed by atoms with E-state index in [0.29, 0.717) is 12.2 Å². The number of thioether (sulfide) groups is 1. The number of allylic oxidation sites excluding steroid dienone is 2. The minimum atomic E-state index is 0.552. The summed E-state index contributed by atoms with van der Waals surface area (Å²) in [6.45, 7) is 9.69. The highest BCUT2D eigenvalue weighted by molar-refractivity contribution is 8.10. The number of amides is 1. The molecule has 1 aromatic rings. The second kappa shape index (κ2) is 9.79. The van der Waals surface area contributed by atoms with Gasteiger partial charge in [-0.25, -0.2) is 4.99 Å². The van der Waals surface area contributed by atoms with E-state index in [0.717, 1.165) is 28.1 Å². The summed E-state index contributed by atoms with van der Waals surface area (Å²) in [6.07, 6.45) is 7.61. The van der Waals surface area contributed by atoms with Crippen LogP contribution < -0.4 is 5.32 Å². The molecule has 0 fully saturated rings. The van der Waals surface area contributed by atoms with Gasteiger partial charge in [0, 0.05) is 4.91 Å². The summed E-state index contributed by atoms with van der Waals surface area (Å²) < 4.78 is 0. The van der Waals surface area contributed by atoms with Gasteiger partial charge in [-0.3, -0.25) is 4.79 Å². The number of amidine groups is 1. The maximum atomic E-state index is 10.5. The average Bonchev–Trinajstić information content (AvgIpc) is 2.52. The number of hydrogen-bond acceptors (Lipinski definition) is 3. The van der Waals surface area contributed by atoms with Gasteiger partial charge in [-0.2, -0.15) is 0 Å². The van der Waals surface area contributed by atoms with Crippen LogP contribution in [0, 0.1) is 0 Å². The van der Waals surface area contributed by atoms with Crippen molar-refractivity contribution in [2.75, 3.05) is 0 Å². The Kier molecular flexibility index (Phi) is 8.00. The average molecular weight is 314 g/mol. The fraction of sp³-hybridized carbons (Fsp3) is 0.222. The molecule has 0 unspecified atom stereocenters. The molecule has 0 saturated carbocycles. The summed E-state index contributed by atoms with van der Waals surface area (Å²) in [5.74, 6) is 0.552. The first-order valence-corrected chi connectivity index (χ1v) is 8.04. The fourth-order valence-corrected chi connectivity index (χ4v) is 2.62. The number of nitrogens with one attached hydrogen (secondary N) is 1. The Morgan fingerprint density at radius 2 is 2.23 bits per heavy atom. The van der Waals surface area contributed by atoms with Crippen LogP contribution in [0.15, 0.2) is 47.3 Å². The maximum Gasteiger partial charge on any atom is 0.212 e. The van der Waals surface area contributed by atoms with E-state index in [4.69, 9.17) is 0 Å². The van der Waals surface area contributed by atoms with Crippen molar-refractivity contribution < 1.29 is 4.79 Å². The predicted octanol–water partition coefficient (Wildman–Crippen LogP) is 5.14. The number of aliphatic imine (C=N–C) groups is 1. The lowest BCUT2D eigenvalue weighted by Gasteiger charge is -2.09. The molecule has 22 heavy (non-hydrogen) atoms. The summed E-state index contributed by atoms with van der Waals surface area (Å²) in [7, 11) is 0. The third-order valence-corrected chi connectivity index (χ3v) is 3.93. The van der Waals surface area contributed by atoms with E-state index < -0.39 is 0 Å². The summed E-state index contributed by atoms with van der Waals surface area (Å²) >= 11 is 1.68. The number of rotatable bonds is 7. The molecule has 0 atom stereocenters. The van der Waals surface area contributed by atoms with Crippen molar-refractivity contribution in [2.45, 2.75) is 27.2 Å². The van der Waals surface area contributed by atoms with E-state index in [1.54, 1.807) is 24.8 Å².